The fourth-order valence-corrected chi connectivity index (χ4v) is 1.79. The summed E-state index contributed by atoms with van der Waals surface area (Å²) in [5.74, 6) is -0.987. The number of carbonyl (C=O) groups is 2. The number of nitrogens with zero attached hydrogens (tertiary/aromatic N) is 1. The molecule has 4 N–H and O–H groups in total. The molecule has 0 radical (unpaired) electrons. The minimum Gasteiger partial charge on any atom is -0.469 e. The van der Waals surface area contributed by atoms with Crippen molar-refractivity contribution in [2.45, 2.75) is 6.92 Å². The van der Waals surface area contributed by atoms with Gasteiger partial charge in [0.15, 0.2) is 0 Å². The van der Waals surface area contributed by atoms with Crippen LogP contribution >= 0.6 is 0 Å². The van der Waals surface area contributed by atoms with Gasteiger partial charge in [0, 0.05) is 30.5 Å². The van der Waals surface area contributed by atoms with Gasteiger partial charge in [0.05, 0.1) is 13.0 Å². The maximum atomic E-state index is 12.2. The summed E-state index contributed by atoms with van der Waals surface area (Å²) in [5, 5.41) is 0. The predicted octanol–water partition coefficient (Wildman–Crippen LogP) is 0.732. The number of amides is 1. The van der Waals surface area contributed by atoms with Crippen LogP contribution in [0.2, 0.25) is 0 Å². The number of carbonyl (C=O) groups excluding carboxylic acids is 2. The third kappa shape index (κ3) is 3.87. The van der Waals surface area contributed by atoms with Gasteiger partial charge in [-0.3, -0.25) is 9.59 Å². The minimum atomic E-state index is -0.391. The van der Waals surface area contributed by atoms with E-state index < -0.39 is 5.92 Å². The van der Waals surface area contributed by atoms with Gasteiger partial charge in [0.2, 0.25) is 0 Å². The van der Waals surface area contributed by atoms with Gasteiger partial charge >= 0.3 is 5.97 Å². The molecule has 1 rings (SSSR count). The highest BCUT2D eigenvalue weighted by atomic mass is 16.5. The Labute approximate surface area is 112 Å². The average molecular weight is 265 g/mol. The topological polar surface area (TPSA) is 98.6 Å². The molecule has 1 aromatic rings. The van der Waals surface area contributed by atoms with E-state index in [0.29, 0.717) is 16.9 Å². The van der Waals surface area contributed by atoms with Gasteiger partial charge in [0.25, 0.3) is 5.91 Å². The lowest BCUT2D eigenvalue weighted by molar-refractivity contribution is -0.145. The molecule has 6 nitrogen and oxygen atoms in total. The smallest absolute Gasteiger partial charge is 0.310 e. The maximum absolute atomic E-state index is 12.2. The molecule has 0 spiro atoms. The Bertz CT molecular complexity index is 468. The molecule has 6 heteroatoms. The van der Waals surface area contributed by atoms with E-state index in [9.17, 15) is 9.59 Å². The van der Waals surface area contributed by atoms with Crippen LogP contribution in [-0.4, -0.2) is 37.5 Å². The zero-order chi connectivity index (χ0) is 14.6. The number of hydrogen-bond acceptors (Lipinski definition) is 5. The van der Waals surface area contributed by atoms with Gasteiger partial charge in [-0.05, 0) is 18.2 Å². The summed E-state index contributed by atoms with van der Waals surface area (Å²) in [7, 11) is 2.93. The summed E-state index contributed by atoms with van der Waals surface area (Å²) in [6.45, 7) is 1.96. The first-order valence-electron chi connectivity index (χ1n) is 5.84. The van der Waals surface area contributed by atoms with E-state index in [1.807, 2.05) is 0 Å². The highest BCUT2D eigenvalue weighted by molar-refractivity contribution is 5.96. The second-order valence-corrected chi connectivity index (χ2v) is 4.50. The van der Waals surface area contributed by atoms with E-state index in [1.54, 1.807) is 32.2 Å². The molecule has 0 aliphatic heterocycles. The van der Waals surface area contributed by atoms with Crippen molar-refractivity contribution in [1.29, 1.82) is 0 Å². The summed E-state index contributed by atoms with van der Waals surface area (Å²) in [6.07, 6.45) is 0. The van der Waals surface area contributed by atoms with Crippen molar-refractivity contribution in [3.8, 4) is 0 Å². The third-order valence-electron chi connectivity index (χ3n) is 2.72. The molecule has 0 aromatic heterocycles. The van der Waals surface area contributed by atoms with Gasteiger partial charge in [-0.15, -0.1) is 0 Å². The Morgan fingerprint density at radius 1 is 1.26 bits per heavy atom. The molecule has 1 amide bonds. The minimum absolute atomic E-state index is 0.241. The van der Waals surface area contributed by atoms with E-state index >= 15 is 0 Å². The molecular formula is C13H19N3O3. The largest absolute Gasteiger partial charge is 0.469 e. The van der Waals surface area contributed by atoms with E-state index in [2.05, 4.69) is 4.74 Å². The van der Waals surface area contributed by atoms with Crippen molar-refractivity contribution in [3.05, 3.63) is 23.8 Å². The number of hydrogen-bond donors (Lipinski definition) is 2. The van der Waals surface area contributed by atoms with E-state index in [4.69, 9.17) is 11.5 Å². The Balaban J connectivity index is 2.79. The van der Waals surface area contributed by atoms with Gasteiger partial charge < -0.3 is 21.1 Å². The fourth-order valence-electron chi connectivity index (χ4n) is 1.79. The van der Waals surface area contributed by atoms with E-state index in [0.717, 1.165) is 0 Å². The van der Waals surface area contributed by atoms with E-state index in [-0.39, 0.29) is 18.4 Å². The molecule has 1 unspecified atom stereocenters. The standard InChI is InChI=1S/C13H19N3O3/c1-8(13(18)19-3)7-16(2)12(17)9-4-10(14)6-11(15)5-9/h4-6,8H,7,14-15H2,1-3H3. The molecule has 0 saturated heterocycles. The second-order valence-electron chi connectivity index (χ2n) is 4.50. The van der Waals surface area contributed by atoms with Crippen molar-refractivity contribution in [2.24, 2.45) is 5.92 Å². The van der Waals surface area contributed by atoms with Crippen LogP contribution in [-0.2, 0) is 9.53 Å². The van der Waals surface area contributed by atoms with Crippen molar-refractivity contribution in [2.75, 3.05) is 32.2 Å². The fraction of sp³-hybridized carbons (Fsp3) is 0.385. The van der Waals surface area contributed by atoms with Gasteiger partial charge in [0.1, 0.15) is 0 Å². The van der Waals surface area contributed by atoms with Crippen LogP contribution in [0.1, 0.15) is 17.3 Å². The van der Waals surface area contributed by atoms with Crippen LogP contribution in [0.15, 0.2) is 18.2 Å². The predicted molar refractivity (Wildman–Crippen MR) is 73.4 cm³/mol. The Kier molecular flexibility index (Phi) is 4.74. The van der Waals surface area contributed by atoms with E-state index in [1.165, 1.54) is 12.0 Å². The summed E-state index contributed by atoms with van der Waals surface area (Å²) < 4.78 is 4.62. The highest BCUT2D eigenvalue weighted by Gasteiger charge is 2.20. The number of anilines is 2. The molecule has 0 heterocycles. The summed E-state index contributed by atoms with van der Waals surface area (Å²) in [6, 6.07) is 4.68. The summed E-state index contributed by atoms with van der Waals surface area (Å²) in [4.78, 5) is 24.9. The number of rotatable bonds is 4. The van der Waals surface area contributed by atoms with Crippen molar-refractivity contribution in [1.82, 2.24) is 4.90 Å². The highest BCUT2D eigenvalue weighted by Crippen LogP contribution is 2.15. The Hall–Kier alpha value is -2.24. The number of nitrogens with two attached hydrogens (primary N) is 2. The first-order valence-corrected chi connectivity index (χ1v) is 5.84. The van der Waals surface area contributed by atoms with Gasteiger partial charge in [-0.2, -0.15) is 0 Å². The van der Waals surface area contributed by atoms with Crippen molar-refractivity contribution >= 4 is 23.3 Å². The molecule has 0 saturated carbocycles. The van der Waals surface area contributed by atoms with Crippen LogP contribution in [0.25, 0.3) is 0 Å². The molecule has 0 aliphatic carbocycles. The molecular weight excluding hydrogens is 246 g/mol. The molecule has 0 bridgehead atoms. The normalized spacial score (nSPS) is 11.7. The van der Waals surface area contributed by atoms with Crippen LogP contribution in [0.4, 0.5) is 11.4 Å². The maximum Gasteiger partial charge on any atom is 0.310 e. The first kappa shape index (κ1) is 14.8. The first-order chi connectivity index (χ1) is 8.85. The molecule has 104 valence electrons. The lowest BCUT2D eigenvalue weighted by Crippen LogP contribution is -2.34. The number of esters is 1. The van der Waals surface area contributed by atoms with Gasteiger partial charge in [-0.1, -0.05) is 6.92 Å². The van der Waals surface area contributed by atoms with Crippen LogP contribution < -0.4 is 11.5 Å². The number of nitrogen functional groups attached to an aromatic ring is 2. The van der Waals surface area contributed by atoms with Crippen LogP contribution in [0.3, 0.4) is 0 Å². The quantitative estimate of drug-likeness (QED) is 0.617. The third-order valence-corrected chi connectivity index (χ3v) is 2.72. The van der Waals surface area contributed by atoms with Crippen LogP contribution in [0, 0.1) is 5.92 Å². The zero-order valence-electron chi connectivity index (χ0n) is 11.3. The van der Waals surface area contributed by atoms with Gasteiger partial charge in [-0.25, -0.2) is 0 Å². The van der Waals surface area contributed by atoms with Crippen molar-refractivity contribution in [3.63, 3.8) is 0 Å². The lowest BCUT2D eigenvalue weighted by atomic mass is 10.1. The Morgan fingerprint density at radius 2 is 1.79 bits per heavy atom. The summed E-state index contributed by atoms with van der Waals surface area (Å²) in [5.41, 5.74) is 12.5. The molecule has 1 aromatic carbocycles. The molecule has 0 fully saturated rings. The lowest BCUT2D eigenvalue weighted by Gasteiger charge is -2.20. The molecule has 19 heavy (non-hydrogen) atoms. The zero-order valence-corrected chi connectivity index (χ0v) is 11.3. The SMILES string of the molecule is COC(=O)C(C)CN(C)C(=O)c1cc(N)cc(N)c1. The number of ether oxygens (including phenoxy) is 1. The monoisotopic (exact) mass is 265 g/mol. The average Bonchev–Trinajstić information content (AvgIpc) is 2.35. The molecule has 1 atom stereocenters. The Morgan fingerprint density at radius 3 is 2.26 bits per heavy atom. The van der Waals surface area contributed by atoms with Crippen LogP contribution in [0.5, 0.6) is 0 Å². The summed E-state index contributed by atoms with van der Waals surface area (Å²) >= 11 is 0. The van der Waals surface area contributed by atoms with Crippen molar-refractivity contribution < 1.29 is 14.3 Å². The number of benzene rings is 1. The molecule has 0 aliphatic rings. The second kappa shape index (κ2) is 6.08. The number of methoxy groups -OCH3 is 1.